The average Bonchev–Trinajstić information content (AvgIpc) is 1.96. The minimum atomic E-state index is -0.323. The van der Waals surface area contributed by atoms with Gasteiger partial charge in [0.05, 0.1) is 5.69 Å². The fraction of sp³-hybridized carbons (Fsp3) is 0.167. The van der Waals surface area contributed by atoms with Gasteiger partial charge in [0.2, 0.25) is 0 Å². The third kappa shape index (κ3) is 1.43. The number of aromatic nitrogens is 2. The van der Waals surface area contributed by atoms with Crippen LogP contribution in [-0.2, 0) is 0 Å². The molecule has 0 aliphatic carbocycles. The Morgan fingerprint density at radius 2 is 2.09 bits per heavy atom. The number of carbonyl (C=O) groups excluding carboxylic acids is 1. The van der Waals surface area contributed by atoms with Crippen molar-refractivity contribution < 1.29 is 4.79 Å². The molecule has 0 spiro atoms. The summed E-state index contributed by atoms with van der Waals surface area (Å²) in [6.07, 6.45) is 0.570. The number of hydrogen-bond acceptors (Lipinski definition) is 3. The van der Waals surface area contributed by atoms with Crippen molar-refractivity contribution in [3.05, 3.63) is 26.4 Å². The predicted octanol–water partition coefficient (Wildman–Crippen LogP) is 0.553. The first kappa shape index (κ1) is 7.87. The molecule has 11 heavy (non-hydrogen) atoms. The molecule has 0 bridgehead atoms. The van der Waals surface area contributed by atoms with Crippen LogP contribution >= 0.6 is 12.2 Å². The van der Waals surface area contributed by atoms with Gasteiger partial charge in [-0.15, -0.1) is 0 Å². The van der Waals surface area contributed by atoms with Gasteiger partial charge in [-0.05, 0) is 19.1 Å². The second-order valence-corrected chi connectivity index (χ2v) is 2.47. The molecule has 1 aromatic rings. The zero-order valence-corrected chi connectivity index (χ0v) is 6.62. The SMILES string of the molecule is Cc1c(C=O)[nH]c(=S)[nH]c1=O. The summed E-state index contributed by atoms with van der Waals surface area (Å²) in [5.74, 6) is 0. The molecule has 0 saturated heterocycles. The highest BCUT2D eigenvalue weighted by Gasteiger charge is 1.99. The quantitative estimate of drug-likeness (QED) is 0.478. The van der Waals surface area contributed by atoms with Crippen molar-refractivity contribution in [3.8, 4) is 0 Å². The summed E-state index contributed by atoms with van der Waals surface area (Å²) in [5.41, 5.74) is 0.267. The van der Waals surface area contributed by atoms with Gasteiger partial charge < -0.3 is 4.98 Å². The Hall–Kier alpha value is -1.23. The summed E-state index contributed by atoms with van der Waals surface area (Å²) in [5, 5.41) is 0. The molecular formula is C6H6N2O2S. The number of H-pyrrole nitrogens is 2. The summed E-state index contributed by atoms with van der Waals surface area (Å²) in [4.78, 5) is 26.1. The standard InChI is InChI=1S/C6H6N2O2S/c1-3-4(2-9)7-6(11)8-5(3)10/h2H,1H3,(H2,7,8,10,11). The van der Waals surface area contributed by atoms with Crippen LogP contribution in [0.4, 0.5) is 0 Å². The Kier molecular flexibility index (Phi) is 2.00. The molecule has 0 aromatic carbocycles. The molecule has 58 valence electrons. The molecular weight excluding hydrogens is 164 g/mol. The van der Waals surface area contributed by atoms with Crippen molar-refractivity contribution in [2.45, 2.75) is 6.92 Å². The maximum atomic E-state index is 10.9. The fourth-order valence-corrected chi connectivity index (χ4v) is 0.887. The van der Waals surface area contributed by atoms with Crippen molar-refractivity contribution >= 4 is 18.5 Å². The second-order valence-electron chi connectivity index (χ2n) is 2.06. The van der Waals surface area contributed by atoms with Gasteiger partial charge in [-0.2, -0.15) is 0 Å². The Bertz CT molecular complexity index is 390. The Balaban J connectivity index is 3.61. The summed E-state index contributed by atoms with van der Waals surface area (Å²) in [7, 11) is 0. The van der Waals surface area contributed by atoms with Crippen LogP contribution in [0.3, 0.4) is 0 Å². The number of hydrogen-bond donors (Lipinski definition) is 2. The van der Waals surface area contributed by atoms with E-state index in [-0.39, 0.29) is 16.0 Å². The molecule has 0 saturated carbocycles. The fourth-order valence-electron chi connectivity index (χ4n) is 0.684. The van der Waals surface area contributed by atoms with E-state index in [1.54, 1.807) is 6.92 Å². The molecule has 0 unspecified atom stereocenters. The second kappa shape index (κ2) is 2.79. The molecule has 1 aromatic heterocycles. The van der Waals surface area contributed by atoms with Gasteiger partial charge in [-0.3, -0.25) is 14.6 Å². The van der Waals surface area contributed by atoms with Crippen LogP contribution in [0.25, 0.3) is 0 Å². The van der Waals surface area contributed by atoms with Gasteiger partial charge in [0.25, 0.3) is 5.56 Å². The number of carbonyl (C=O) groups is 1. The number of aromatic amines is 2. The molecule has 0 atom stereocenters. The normalized spacial score (nSPS) is 9.55. The summed E-state index contributed by atoms with van der Waals surface area (Å²) < 4.78 is 0.169. The lowest BCUT2D eigenvalue weighted by molar-refractivity contribution is 0.111. The van der Waals surface area contributed by atoms with E-state index in [0.29, 0.717) is 11.8 Å². The highest BCUT2D eigenvalue weighted by molar-refractivity contribution is 7.71. The Morgan fingerprint density at radius 3 is 2.64 bits per heavy atom. The summed E-state index contributed by atoms with van der Waals surface area (Å²) in [6.45, 7) is 1.55. The van der Waals surface area contributed by atoms with Crippen LogP contribution in [0.15, 0.2) is 4.79 Å². The van der Waals surface area contributed by atoms with Crippen molar-refractivity contribution in [2.75, 3.05) is 0 Å². The molecule has 0 amide bonds. The molecule has 0 radical (unpaired) electrons. The molecule has 1 heterocycles. The molecule has 0 fully saturated rings. The lowest BCUT2D eigenvalue weighted by Crippen LogP contribution is -2.14. The lowest BCUT2D eigenvalue weighted by Gasteiger charge is -1.94. The zero-order chi connectivity index (χ0) is 8.43. The highest BCUT2D eigenvalue weighted by atomic mass is 32.1. The summed E-state index contributed by atoms with van der Waals surface area (Å²) >= 11 is 4.64. The van der Waals surface area contributed by atoms with E-state index in [0.717, 1.165) is 0 Å². The predicted molar refractivity (Wildman–Crippen MR) is 42.4 cm³/mol. The van der Waals surface area contributed by atoms with Crippen LogP contribution in [-0.4, -0.2) is 16.3 Å². The average molecular weight is 170 g/mol. The zero-order valence-electron chi connectivity index (χ0n) is 5.80. The lowest BCUT2D eigenvalue weighted by atomic mass is 10.3. The van der Waals surface area contributed by atoms with Gasteiger partial charge in [0, 0.05) is 5.56 Å². The van der Waals surface area contributed by atoms with Gasteiger partial charge >= 0.3 is 0 Å². The van der Waals surface area contributed by atoms with Gasteiger partial charge in [-0.1, -0.05) is 0 Å². The molecule has 4 nitrogen and oxygen atoms in total. The Morgan fingerprint density at radius 1 is 1.45 bits per heavy atom. The van der Waals surface area contributed by atoms with Crippen LogP contribution in [0.1, 0.15) is 16.1 Å². The van der Waals surface area contributed by atoms with Crippen LogP contribution in [0.2, 0.25) is 0 Å². The Labute approximate surface area is 67.3 Å². The van der Waals surface area contributed by atoms with E-state index in [9.17, 15) is 9.59 Å². The van der Waals surface area contributed by atoms with Crippen LogP contribution < -0.4 is 5.56 Å². The largest absolute Gasteiger partial charge is 0.329 e. The van der Waals surface area contributed by atoms with E-state index >= 15 is 0 Å². The minimum Gasteiger partial charge on any atom is -0.329 e. The number of rotatable bonds is 1. The minimum absolute atomic E-state index is 0.169. The van der Waals surface area contributed by atoms with E-state index < -0.39 is 0 Å². The van der Waals surface area contributed by atoms with E-state index in [4.69, 9.17) is 0 Å². The number of aldehydes is 1. The van der Waals surface area contributed by atoms with Crippen molar-refractivity contribution in [1.82, 2.24) is 9.97 Å². The van der Waals surface area contributed by atoms with Gasteiger partial charge in [0.15, 0.2) is 11.1 Å². The van der Waals surface area contributed by atoms with Crippen molar-refractivity contribution in [2.24, 2.45) is 0 Å². The van der Waals surface area contributed by atoms with Crippen molar-refractivity contribution in [1.29, 1.82) is 0 Å². The first-order valence-corrected chi connectivity index (χ1v) is 3.34. The van der Waals surface area contributed by atoms with Gasteiger partial charge in [0.1, 0.15) is 0 Å². The van der Waals surface area contributed by atoms with Crippen LogP contribution in [0, 0.1) is 11.7 Å². The van der Waals surface area contributed by atoms with Crippen LogP contribution in [0.5, 0.6) is 0 Å². The third-order valence-electron chi connectivity index (χ3n) is 1.34. The van der Waals surface area contributed by atoms with E-state index in [1.165, 1.54) is 0 Å². The third-order valence-corrected chi connectivity index (χ3v) is 1.54. The van der Waals surface area contributed by atoms with E-state index in [2.05, 4.69) is 22.2 Å². The topological polar surface area (TPSA) is 65.7 Å². The number of nitrogens with one attached hydrogen (secondary N) is 2. The smallest absolute Gasteiger partial charge is 0.255 e. The molecule has 0 aliphatic rings. The van der Waals surface area contributed by atoms with E-state index in [1.807, 2.05) is 0 Å². The van der Waals surface area contributed by atoms with Crippen molar-refractivity contribution in [3.63, 3.8) is 0 Å². The first-order chi connectivity index (χ1) is 5.15. The molecule has 5 heteroatoms. The highest BCUT2D eigenvalue weighted by Crippen LogP contribution is 1.91. The maximum Gasteiger partial charge on any atom is 0.255 e. The van der Waals surface area contributed by atoms with Gasteiger partial charge in [-0.25, -0.2) is 0 Å². The molecule has 0 aliphatic heterocycles. The summed E-state index contributed by atoms with van der Waals surface area (Å²) in [6, 6.07) is 0. The molecule has 1 rings (SSSR count). The first-order valence-electron chi connectivity index (χ1n) is 2.93. The maximum absolute atomic E-state index is 10.9. The monoisotopic (exact) mass is 170 g/mol. The molecule has 2 N–H and O–H groups in total.